The van der Waals surface area contributed by atoms with Crippen molar-refractivity contribution < 1.29 is 14.7 Å². The molecule has 0 saturated heterocycles. The Morgan fingerprint density at radius 3 is 2.41 bits per heavy atom. The highest BCUT2D eigenvalue weighted by Gasteiger charge is 2.17. The molecule has 0 aliphatic heterocycles. The van der Waals surface area contributed by atoms with E-state index in [4.69, 9.17) is 17.3 Å². The predicted molar refractivity (Wildman–Crippen MR) is 63.2 cm³/mol. The van der Waals surface area contributed by atoms with Gasteiger partial charge in [0.1, 0.15) is 6.54 Å². The number of carboxylic acid groups (broad SMARTS) is 1. The van der Waals surface area contributed by atoms with Gasteiger partial charge in [-0.15, -0.1) is 6.42 Å². The number of carbonyl (C=O) groups excluding carboxylic acids is 1. The van der Waals surface area contributed by atoms with E-state index in [1.807, 2.05) is 0 Å². The lowest BCUT2D eigenvalue weighted by Crippen LogP contribution is -2.35. The van der Waals surface area contributed by atoms with Crippen LogP contribution in [0.15, 0.2) is 24.3 Å². The van der Waals surface area contributed by atoms with Crippen LogP contribution in [0.2, 0.25) is 0 Å². The molecule has 1 aromatic rings. The molecular formula is C12H12N2O3. The number of nitrogen functional groups attached to an aromatic ring is 1. The van der Waals surface area contributed by atoms with Crippen LogP contribution in [0.4, 0.5) is 5.69 Å². The highest BCUT2D eigenvalue weighted by molar-refractivity contribution is 5.96. The summed E-state index contributed by atoms with van der Waals surface area (Å²) in [7, 11) is 0. The zero-order valence-corrected chi connectivity index (χ0v) is 9.09. The second kappa shape index (κ2) is 5.56. The highest BCUT2D eigenvalue weighted by atomic mass is 16.4. The van der Waals surface area contributed by atoms with Crippen LogP contribution in [-0.2, 0) is 4.79 Å². The van der Waals surface area contributed by atoms with Gasteiger partial charge in [-0.1, -0.05) is 5.92 Å². The normalized spacial score (nSPS) is 9.35. The summed E-state index contributed by atoms with van der Waals surface area (Å²) in [6, 6.07) is 6.20. The third kappa shape index (κ3) is 3.54. The van der Waals surface area contributed by atoms with Crippen molar-refractivity contribution in [2.75, 3.05) is 18.8 Å². The lowest BCUT2D eigenvalue weighted by atomic mass is 10.2. The van der Waals surface area contributed by atoms with Crippen LogP contribution in [0.5, 0.6) is 0 Å². The third-order valence-electron chi connectivity index (χ3n) is 2.05. The quantitative estimate of drug-likeness (QED) is 0.582. The van der Waals surface area contributed by atoms with Gasteiger partial charge in [-0.05, 0) is 24.3 Å². The molecule has 1 rings (SSSR count). The average Bonchev–Trinajstić information content (AvgIpc) is 2.28. The zero-order valence-electron chi connectivity index (χ0n) is 9.09. The maximum Gasteiger partial charge on any atom is 0.323 e. The first kappa shape index (κ1) is 12.6. The minimum absolute atomic E-state index is 0.0461. The van der Waals surface area contributed by atoms with Crippen LogP contribution in [0.1, 0.15) is 10.4 Å². The Balaban J connectivity index is 2.88. The van der Waals surface area contributed by atoms with Gasteiger partial charge in [0.05, 0.1) is 6.54 Å². The molecule has 5 heteroatoms. The SMILES string of the molecule is C#CCN(CC(=O)O)C(=O)c1ccc(N)cc1. The van der Waals surface area contributed by atoms with E-state index in [-0.39, 0.29) is 6.54 Å². The summed E-state index contributed by atoms with van der Waals surface area (Å²) < 4.78 is 0. The number of carbonyl (C=O) groups is 2. The van der Waals surface area contributed by atoms with Gasteiger partial charge in [-0.3, -0.25) is 9.59 Å². The number of amides is 1. The summed E-state index contributed by atoms with van der Waals surface area (Å²) in [4.78, 5) is 23.6. The Morgan fingerprint density at radius 2 is 1.94 bits per heavy atom. The number of hydrogen-bond acceptors (Lipinski definition) is 3. The van der Waals surface area contributed by atoms with Crippen molar-refractivity contribution in [3.63, 3.8) is 0 Å². The number of aliphatic carboxylic acids is 1. The van der Waals surface area contributed by atoms with Crippen LogP contribution in [-0.4, -0.2) is 35.0 Å². The molecule has 0 radical (unpaired) electrons. The molecule has 0 bridgehead atoms. The zero-order chi connectivity index (χ0) is 12.8. The van der Waals surface area contributed by atoms with Gasteiger partial charge >= 0.3 is 5.97 Å². The topological polar surface area (TPSA) is 83.6 Å². The first-order valence-electron chi connectivity index (χ1n) is 4.84. The summed E-state index contributed by atoms with van der Waals surface area (Å²) in [5, 5.41) is 8.67. The summed E-state index contributed by atoms with van der Waals surface area (Å²) in [5.41, 5.74) is 6.38. The Labute approximate surface area is 98.8 Å². The van der Waals surface area contributed by atoms with Gasteiger partial charge < -0.3 is 15.7 Å². The highest BCUT2D eigenvalue weighted by Crippen LogP contribution is 2.08. The molecule has 88 valence electrons. The van der Waals surface area contributed by atoms with Gasteiger partial charge in [0.25, 0.3) is 5.91 Å². The maximum absolute atomic E-state index is 11.9. The predicted octanol–water partition coefficient (Wildman–Crippen LogP) is 0.429. The molecule has 1 amide bonds. The number of anilines is 1. The first-order valence-corrected chi connectivity index (χ1v) is 4.84. The number of benzene rings is 1. The van der Waals surface area contributed by atoms with Crippen molar-refractivity contribution in [3.05, 3.63) is 29.8 Å². The average molecular weight is 232 g/mol. The number of rotatable bonds is 4. The molecule has 3 N–H and O–H groups in total. The van der Waals surface area contributed by atoms with Gasteiger partial charge in [0.15, 0.2) is 0 Å². The fraction of sp³-hybridized carbons (Fsp3) is 0.167. The van der Waals surface area contributed by atoms with Crippen LogP contribution in [0.3, 0.4) is 0 Å². The number of hydrogen-bond donors (Lipinski definition) is 2. The largest absolute Gasteiger partial charge is 0.480 e. The molecule has 5 nitrogen and oxygen atoms in total. The van der Waals surface area contributed by atoms with E-state index < -0.39 is 18.4 Å². The molecule has 0 atom stereocenters. The molecule has 0 fully saturated rings. The monoisotopic (exact) mass is 232 g/mol. The third-order valence-corrected chi connectivity index (χ3v) is 2.05. The standard InChI is InChI=1S/C12H12N2O3/c1-2-7-14(8-11(15)16)12(17)9-3-5-10(13)6-4-9/h1,3-6H,7-8,13H2,(H,15,16). The minimum Gasteiger partial charge on any atom is -0.480 e. The first-order chi connectivity index (χ1) is 8.04. The van der Waals surface area contributed by atoms with E-state index in [0.717, 1.165) is 4.90 Å². The van der Waals surface area contributed by atoms with Crippen LogP contribution >= 0.6 is 0 Å². The molecule has 0 aromatic heterocycles. The van der Waals surface area contributed by atoms with E-state index in [2.05, 4.69) is 5.92 Å². The molecule has 17 heavy (non-hydrogen) atoms. The lowest BCUT2D eigenvalue weighted by Gasteiger charge is -2.17. The molecule has 1 aromatic carbocycles. The van der Waals surface area contributed by atoms with Crippen molar-refractivity contribution in [1.29, 1.82) is 0 Å². The second-order valence-electron chi connectivity index (χ2n) is 3.38. The number of terminal acetylenes is 1. The van der Waals surface area contributed by atoms with Gasteiger partial charge in [-0.2, -0.15) is 0 Å². The molecule has 0 aliphatic rings. The summed E-state index contributed by atoms with van der Waals surface area (Å²) >= 11 is 0. The Hall–Kier alpha value is -2.48. The van der Waals surface area contributed by atoms with Crippen LogP contribution < -0.4 is 5.73 Å². The van der Waals surface area contributed by atoms with Crippen molar-refractivity contribution >= 4 is 17.6 Å². The fourth-order valence-electron chi connectivity index (χ4n) is 1.28. The Kier molecular flexibility index (Phi) is 4.12. The molecule has 0 heterocycles. The number of carboxylic acids is 1. The Morgan fingerprint density at radius 1 is 1.35 bits per heavy atom. The summed E-state index contributed by atoms with van der Waals surface area (Å²) in [6.07, 6.45) is 5.09. The van der Waals surface area contributed by atoms with Crippen LogP contribution in [0, 0.1) is 12.3 Å². The van der Waals surface area contributed by atoms with Gasteiger partial charge in [-0.25, -0.2) is 0 Å². The maximum atomic E-state index is 11.9. The van der Waals surface area contributed by atoms with Crippen molar-refractivity contribution in [2.24, 2.45) is 0 Å². The van der Waals surface area contributed by atoms with E-state index in [1.54, 1.807) is 12.1 Å². The number of nitrogens with zero attached hydrogens (tertiary/aromatic N) is 1. The van der Waals surface area contributed by atoms with Crippen molar-refractivity contribution in [1.82, 2.24) is 4.90 Å². The molecule has 0 unspecified atom stereocenters. The van der Waals surface area contributed by atoms with E-state index in [1.165, 1.54) is 12.1 Å². The minimum atomic E-state index is -1.11. The van der Waals surface area contributed by atoms with E-state index >= 15 is 0 Å². The van der Waals surface area contributed by atoms with E-state index in [9.17, 15) is 9.59 Å². The second-order valence-corrected chi connectivity index (χ2v) is 3.38. The summed E-state index contributed by atoms with van der Waals surface area (Å²) in [6.45, 7) is -0.469. The fourth-order valence-corrected chi connectivity index (χ4v) is 1.28. The molecular weight excluding hydrogens is 220 g/mol. The van der Waals surface area contributed by atoms with Crippen molar-refractivity contribution in [2.45, 2.75) is 0 Å². The van der Waals surface area contributed by atoms with Gasteiger partial charge in [0, 0.05) is 11.3 Å². The lowest BCUT2D eigenvalue weighted by molar-refractivity contribution is -0.137. The molecule has 0 aliphatic carbocycles. The smallest absolute Gasteiger partial charge is 0.323 e. The number of nitrogens with two attached hydrogens (primary N) is 1. The van der Waals surface area contributed by atoms with Gasteiger partial charge in [0.2, 0.25) is 0 Å². The van der Waals surface area contributed by atoms with Crippen molar-refractivity contribution in [3.8, 4) is 12.3 Å². The Bertz CT molecular complexity index is 460. The summed E-state index contributed by atoms with van der Waals surface area (Å²) in [5.74, 6) is 0.719. The molecule has 0 spiro atoms. The van der Waals surface area contributed by atoms with E-state index in [0.29, 0.717) is 11.3 Å². The van der Waals surface area contributed by atoms with Crippen LogP contribution in [0.25, 0.3) is 0 Å². The molecule has 0 saturated carbocycles.